The Morgan fingerprint density at radius 1 is 1.10 bits per heavy atom. The Labute approximate surface area is 241 Å². The summed E-state index contributed by atoms with van der Waals surface area (Å²) in [5.74, 6) is -0.575. The number of amides is 2. The monoisotopic (exact) mass is 568 g/mol. The van der Waals surface area contributed by atoms with E-state index in [1.54, 1.807) is 19.1 Å². The van der Waals surface area contributed by atoms with Gasteiger partial charge in [-0.1, -0.05) is 50.6 Å². The number of rotatable bonds is 7. The second-order valence-corrected chi connectivity index (χ2v) is 13.2. The van der Waals surface area contributed by atoms with Crippen LogP contribution in [0.4, 0.5) is 5.69 Å². The number of para-hydroxylation sites is 1. The van der Waals surface area contributed by atoms with Crippen molar-refractivity contribution in [3.05, 3.63) is 53.1 Å². The van der Waals surface area contributed by atoms with E-state index in [9.17, 15) is 19.5 Å². The number of benzene rings is 2. The largest absolute Gasteiger partial charge is 0.493 e. The molecule has 2 amide bonds. The number of methoxy groups -OCH3 is 2. The van der Waals surface area contributed by atoms with Gasteiger partial charge in [-0.3, -0.25) is 14.4 Å². The summed E-state index contributed by atoms with van der Waals surface area (Å²) < 4.78 is 11.4. The summed E-state index contributed by atoms with van der Waals surface area (Å²) in [6.45, 7) is 9.48. The molecule has 2 aliphatic rings. The molecule has 216 valence electrons. The van der Waals surface area contributed by atoms with Gasteiger partial charge in [0.25, 0.3) is 0 Å². The Hall–Kier alpha value is -3.20. The standard InChI is InChI=1S/C31H40N2O6S/c1-19-12-13-23-22(15-19)28(21-10-7-11-24(38-5)27(21)39-6)40-25(29(35)33(23)18-31(2,3)4)16-26(34)32-14-8-9-20(17-32)30(36)37/h7,10-13,15,20,25,28H,8-9,14,16-18H2,1-6H3,(H,36,37)/t20?,25-,28-/m0/s1. The molecule has 0 bridgehead atoms. The van der Waals surface area contributed by atoms with Gasteiger partial charge in [0.15, 0.2) is 11.5 Å². The van der Waals surface area contributed by atoms with Crippen molar-refractivity contribution in [2.45, 2.75) is 57.5 Å². The molecule has 0 saturated carbocycles. The van der Waals surface area contributed by atoms with Gasteiger partial charge in [0.1, 0.15) is 0 Å². The molecule has 1 unspecified atom stereocenters. The lowest BCUT2D eigenvalue weighted by atomic mass is 9.93. The number of aryl methyl sites for hydroxylation is 1. The molecule has 0 radical (unpaired) electrons. The zero-order chi connectivity index (χ0) is 29.2. The minimum atomic E-state index is -0.884. The van der Waals surface area contributed by atoms with Crippen LogP contribution >= 0.6 is 11.8 Å². The van der Waals surface area contributed by atoms with Crippen LogP contribution in [-0.4, -0.2) is 66.9 Å². The molecular weight excluding hydrogens is 528 g/mol. The van der Waals surface area contributed by atoms with Crippen LogP contribution in [0.2, 0.25) is 0 Å². The fraction of sp³-hybridized carbons (Fsp3) is 0.516. The fourth-order valence-corrected chi connectivity index (χ4v) is 7.02. The van der Waals surface area contributed by atoms with Crippen LogP contribution in [0.3, 0.4) is 0 Å². The minimum Gasteiger partial charge on any atom is -0.493 e. The van der Waals surface area contributed by atoms with Gasteiger partial charge in [0.2, 0.25) is 11.8 Å². The summed E-state index contributed by atoms with van der Waals surface area (Å²) in [6, 6.07) is 11.9. The van der Waals surface area contributed by atoms with E-state index in [2.05, 4.69) is 26.8 Å². The Morgan fingerprint density at radius 2 is 1.85 bits per heavy atom. The third-order valence-corrected chi connectivity index (χ3v) is 8.91. The first-order chi connectivity index (χ1) is 18.9. The number of ether oxygens (including phenoxy) is 2. The molecule has 1 N–H and O–H groups in total. The first-order valence-corrected chi connectivity index (χ1v) is 14.7. The lowest BCUT2D eigenvalue weighted by Gasteiger charge is -2.33. The highest BCUT2D eigenvalue weighted by Crippen LogP contribution is 2.51. The summed E-state index contributed by atoms with van der Waals surface area (Å²) in [6.07, 6.45) is 1.19. The topological polar surface area (TPSA) is 96.4 Å². The number of nitrogens with zero attached hydrogens (tertiary/aromatic N) is 2. The molecule has 0 aliphatic carbocycles. The summed E-state index contributed by atoms with van der Waals surface area (Å²) in [7, 11) is 3.20. The number of carboxylic acid groups (broad SMARTS) is 1. The van der Waals surface area contributed by atoms with E-state index < -0.39 is 17.1 Å². The van der Waals surface area contributed by atoms with E-state index in [0.29, 0.717) is 37.4 Å². The van der Waals surface area contributed by atoms with Gasteiger partial charge in [0, 0.05) is 37.3 Å². The smallest absolute Gasteiger partial charge is 0.308 e. The number of carboxylic acids is 1. The Kier molecular flexibility index (Phi) is 9.02. The number of anilines is 1. The molecule has 2 heterocycles. The van der Waals surface area contributed by atoms with Gasteiger partial charge in [-0.05, 0) is 42.9 Å². The summed E-state index contributed by atoms with van der Waals surface area (Å²) in [5, 5.41) is 8.55. The summed E-state index contributed by atoms with van der Waals surface area (Å²) >= 11 is 1.45. The van der Waals surface area contributed by atoms with Crippen LogP contribution in [0.5, 0.6) is 11.5 Å². The van der Waals surface area contributed by atoms with Crippen molar-refractivity contribution >= 4 is 35.2 Å². The van der Waals surface area contributed by atoms with Gasteiger partial charge in [0.05, 0.1) is 30.6 Å². The lowest BCUT2D eigenvalue weighted by Crippen LogP contribution is -2.46. The van der Waals surface area contributed by atoms with Crippen molar-refractivity contribution in [2.24, 2.45) is 11.3 Å². The zero-order valence-corrected chi connectivity index (χ0v) is 25.0. The molecule has 0 spiro atoms. The molecule has 2 aromatic carbocycles. The van der Waals surface area contributed by atoms with Crippen molar-refractivity contribution in [1.82, 2.24) is 4.90 Å². The van der Waals surface area contributed by atoms with Gasteiger partial charge in [-0.15, -0.1) is 11.8 Å². The van der Waals surface area contributed by atoms with Gasteiger partial charge in [-0.2, -0.15) is 0 Å². The van der Waals surface area contributed by atoms with Crippen molar-refractivity contribution < 1.29 is 29.0 Å². The molecule has 2 aliphatic heterocycles. The highest BCUT2D eigenvalue weighted by Gasteiger charge is 2.41. The lowest BCUT2D eigenvalue weighted by molar-refractivity contribution is -0.146. The highest BCUT2D eigenvalue weighted by molar-refractivity contribution is 8.01. The van der Waals surface area contributed by atoms with Crippen LogP contribution in [0.25, 0.3) is 0 Å². The second kappa shape index (κ2) is 12.1. The summed E-state index contributed by atoms with van der Waals surface area (Å²) in [4.78, 5) is 43.0. The zero-order valence-electron chi connectivity index (χ0n) is 24.2. The van der Waals surface area contributed by atoms with Crippen LogP contribution in [0.15, 0.2) is 36.4 Å². The molecule has 0 aromatic heterocycles. The van der Waals surface area contributed by atoms with Gasteiger partial charge >= 0.3 is 5.97 Å². The first-order valence-electron chi connectivity index (χ1n) is 13.7. The number of piperidine rings is 1. The summed E-state index contributed by atoms with van der Waals surface area (Å²) in [5.41, 5.74) is 3.55. The number of likely N-dealkylation sites (tertiary alicyclic amines) is 1. The van der Waals surface area contributed by atoms with Crippen molar-refractivity contribution in [3.63, 3.8) is 0 Å². The number of hydrogen-bond acceptors (Lipinski definition) is 6. The fourth-order valence-electron chi connectivity index (χ4n) is 5.54. The Morgan fingerprint density at radius 3 is 2.50 bits per heavy atom. The number of hydrogen-bond donors (Lipinski definition) is 1. The molecule has 4 rings (SSSR count). The molecular formula is C31H40N2O6S. The van der Waals surface area contributed by atoms with Crippen LogP contribution < -0.4 is 14.4 Å². The number of fused-ring (bicyclic) bond motifs is 1. The molecule has 1 saturated heterocycles. The quantitative estimate of drug-likeness (QED) is 0.484. The first kappa shape index (κ1) is 29.8. The van der Waals surface area contributed by atoms with Crippen LogP contribution in [0, 0.1) is 18.3 Å². The van der Waals surface area contributed by atoms with Crippen molar-refractivity contribution in [1.29, 1.82) is 0 Å². The number of carbonyl (C=O) groups excluding carboxylic acids is 2. The highest BCUT2D eigenvalue weighted by atomic mass is 32.2. The predicted molar refractivity (Wildman–Crippen MR) is 157 cm³/mol. The molecule has 3 atom stereocenters. The SMILES string of the molecule is COc1cccc([C@@H]2S[C@@H](CC(=O)N3CCCC(C(=O)O)C3)C(=O)N(CC(C)(C)C)c3ccc(C)cc32)c1OC. The van der Waals surface area contributed by atoms with Gasteiger partial charge in [-0.25, -0.2) is 0 Å². The molecule has 40 heavy (non-hydrogen) atoms. The molecule has 8 nitrogen and oxygen atoms in total. The van der Waals surface area contributed by atoms with E-state index in [0.717, 1.165) is 22.4 Å². The maximum Gasteiger partial charge on any atom is 0.308 e. The second-order valence-electron chi connectivity index (χ2n) is 11.9. The van der Waals surface area contributed by atoms with E-state index in [1.165, 1.54) is 11.8 Å². The van der Waals surface area contributed by atoms with E-state index >= 15 is 0 Å². The minimum absolute atomic E-state index is 0.00770. The normalized spacial score (nSPS) is 21.4. The number of carbonyl (C=O) groups is 3. The average molecular weight is 569 g/mol. The maximum absolute atomic E-state index is 14.3. The molecule has 9 heteroatoms. The van der Waals surface area contributed by atoms with Gasteiger partial charge < -0.3 is 24.4 Å². The Balaban J connectivity index is 1.80. The van der Waals surface area contributed by atoms with Crippen LogP contribution in [-0.2, 0) is 14.4 Å². The Bertz CT molecular complexity index is 1270. The van der Waals surface area contributed by atoms with Crippen molar-refractivity contribution in [2.75, 3.05) is 38.8 Å². The maximum atomic E-state index is 14.3. The molecule has 2 aromatic rings. The number of aliphatic carboxylic acids is 1. The number of thioether (sulfide) groups is 1. The predicted octanol–water partition coefficient (Wildman–Crippen LogP) is 5.31. The van der Waals surface area contributed by atoms with E-state index in [1.807, 2.05) is 42.2 Å². The van der Waals surface area contributed by atoms with Crippen molar-refractivity contribution in [3.8, 4) is 11.5 Å². The molecule has 1 fully saturated rings. The average Bonchev–Trinajstić information content (AvgIpc) is 3.02. The van der Waals surface area contributed by atoms with E-state index in [4.69, 9.17) is 9.47 Å². The third kappa shape index (κ3) is 6.40. The van der Waals surface area contributed by atoms with E-state index in [-0.39, 0.29) is 35.4 Å². The van der Waals surface area contributed by atoms with Crippen LogP contribution in [0.1, 0.15) is 62.0 Å². The third-order valence-electron chi connectivity index (χ3n) is 7.43.